The highest BCUT2D eigenvalue weighted by atomic mass is 16.5. The number of piperidine rings is 1. The molecule has 1 fully saturated rings. The van der Waals surface area contributed by atoms with Gasteiger partial charge in [0.15, 0.2) is 0 Å². The molecular weight excluding hydrogens is 228 g/mol. The summed E-state index contributed by atoms with van der Waals surface area (Å²) in [4.78, 5) is 2.54. The number of ether oxygens (including phenoxy) is 2. The molecule has 4 heteroatoms. The Morgan fingerprint density at radius 1 is 1.22 bits per heavy atom. The van der Waals surface area contributed by atoms with Crippen molar-refractivity contribution < 1.29 is 9.47 Å². The van der Waals surface area contributed by atoms with E-state index in [1.54, 1.807) is 7.11 Å². The van der Waals surface area contributed by atoms with Gasteiger partial charge in [-0.15, -0.1) is 0 Å². The minimum atomic E-state index is 0.429. The van der Waals surface area contributed by atoms with Crippen LogP contribution < -0.4 is 5.32 Å². The fourth-order valence-electron chi connectivity index (χ4n) is 2.49. The summed E-state index contributed by atoms with van der Waals surface area (Å²) in [5, 5.41) is 3.38. The largest absolute Gasteiger partial charge is 0.383 e. The van der Waals surface area contributed by atoms with Gasteiger partial charge in [-0.2, -0.15) is 0 Å². The minimum absolute atomic E-state index is 0.429. The molecule has 1 aliphatic rings. The van der Waals surface area contributed by atoms with Gasteiger partial charge < -0.3 is 19.7 Å². The van der Waals surface area contributed by atoms with Crippen molar-refractivity contribution in [3.8, 4) is 0 Å². The summed E-state index contributed by atoms with van der Waals surface area (Å²) in [6.45, 7) is 8.71. The standard InChI is InChI=1S/C14H30N2O2/c1-13-6-10-16(12-14(13)18-3)9-5-4-7-15-8-11-17-2/h13-15H,4-12H2,1-3H3. The summed E-state index contributed by atoms with van der Waals surface area (Å²) in [5.74, 6) is 0.710. The van der Waals surface area contributed by atoms with E-state index in [1.807, 2.05) is 7.11 Å². The van der Waals surface area contributed by atoms with Crippen molar-refractivity contribution in [3.05, 3.63) is 0 Å². The fraction of sp³-hybridized carbons (Fsp3) is 1.00. The van der Waals surface area contributed by atoms with E-state index in [9.17, 15) is 0 Å². The van der Waals surface area contributed by atoms with E-state index in [2.05, 4.69) is 17.1 Å². The zero-order chi connectivity index (χ0) is 13.2. The number of hydrogen-bond acceptors (Lipinski definition) is 4. The van der Waals surface area contributed by atoms with E-state index < -0.39 is 0 Å². The predicted molar refractivity (Wildman–Crippen MR) is 75.0 cm³/mol. The van der Waals surface area contributed by atoms with Gasteiger partial charge in [0.1, 0.15) is 0 Å². The van der Waals surface area contributed by atoms with Crippen molar-refractivity contribution in [1.82, 2.24) is 10.2 Å². The average molecular weight is 258 g/mol. The van der Waals surface area contributed by atoms with Crippen LogP contribution in [0.4, 0.5) is 0 Å². The summed E-state index contributed by atoms with van der Waals surface area (Å²) >= 11 is 0. The Balaban J connectivity index is 1.99. The second-order valence-corrected chi connectivity index (χ2v) is 5.29. The van der Waals surface area contributed by atoms with Crippen molar-refractivity contribution in [2.24, 2.45) is 5.92 Å². The highest BCUT2D eigenvalue weighted by molar-refractivity contribution is 4.78. The molecule has 108 valence electrons. The molecule has 2 unspecified atom stereocenters. The average Bonchev–Trinajstić information content (AvgIpc) is 2.39. The quantitative estimate of drug-likeness (QED) is 0.633. The maximum atomic E-state index is 5.54. The molecule has 0 radical (unpaired) electrons. The smallest absolute Gasteiger partial charge is 0.0724 e. The van der Waals surface area contributed by atoms with Crippen molar-refractivity contribution >= 4 is 0 Å². The zero-order valence-electron chi connectivity index (χ0n) is 12.3. The molecule has 1 rings (SSSR count). The Hall–Kier alpha value is -0.160. The third kappa shape index (κ3) is 6.14. The molecule has 0 aromatic heterocycles. The molecule has 1 saturated heterocycles. The molecule has 0 bridgehead atoms. The summed E-state index contributed by atoms with van der Waals surface area (Å²) in [5.41, 5.74) is 0. The lowest BCUT2D eigenvalue weighted by molar-refractivity contribution is -0.00521. The van der Waals surface area contributed by atoms with Gasteiger partial charge in [0, 0.05) is 27.3 Å². The molecule has 0 aromatic rings. The third-order valence-electron chi connectivity index (χ3n) is 3.84. The van der Waals surface area contributed by atoms with Crippen LogP contribution in [-0.4, -0.2) is 64.6 Å². The molecule has 1 heterocycles. The third-order valence-corrected chi connectivity index (χ3v) is 3.84. The minimum Gasteiger partial charge on any atom is -0.383 e. The van der Waals surface area contributed by atoms with Crippen LogP contribution in [-0.2, 0) is 9.47 Å². The van der Waals surface area contributed by atoms with Gasteiger partial charge in [0.2, 0.25) is 0 Å². The Labute approximate surface area is 112 Å². The monoisotopic (exact) mass is 258 g/mol. The Bertz CT molecular complexity index is 202. The molecule has 0 spiro atoms. The maximum absolute atomic E-state index is 5.54. The second-order valence-electron chi connectivity index (χ2n) is 5.29. The van der Waals surface area contributed by atoms with E-state index in [0.717, 1.165) is 26.2 Å². The van der Waals surface area contributed by atoms with Crippen molar-refractivity contribution in [3.63, 3.8) is 0 Å². The van der Waals surface area contributed by atoms with Gasteiger partial charge in [-0.25, -0.2) is 0 Å². The van der Waals surface area contributed by atoms with E-state index >= 15 is 0 Å². The van der Waals surface area contributed by atoms with Gasteiger partial charge in [0.25, 0.3) is 0 Å². The number of rotatable bonds is 9. The van der Waals surface area contributed by atoms with E-state index in [1.165, 1.54) is 32.4 Å². The van der Waals surface area contributed by atoms with Crippen molar-refractivity contribution in [2.75, 3.05) is 53.6 Å². The molecule has 2 atom stereocenters. The lowest BCUT2D eigenvalue weighted by Gasteiger charge is -2.36. The molecule has 0 aliphatic carbocycles. The first-order chi connectivity index (χ1) is 8.77. The Morgan fingerprint density at radius 2 is 2.06 bits per heavy atom. The second kappa shape index (κ2) is 9.73. The fourth-order valence-corrected chi connectivity index (χ4v) is 2.49. The molecule has 0 saturated carbocycles. The lowest BCUT2D eigenvalue weighted by Crippen LogP contribution is -2.44. The van der Waals surface area contributed by atoms with Crippen LogP contribution in [0.25, 0.3) is 0 Å². The zero-order valence-corrected chi connectivity index (χ0v) is 12.3. The van der Waals surface area contributed by atoms with Gasteiger partial charge in [0.05, 0.1) is 12.7 Å². The highest BCUT2D eigenvalue weighted by Gasteiger charge is 2.25. The first-order valence-electron chi connectivity index (χ1n) is 7.22. The van der Waals surface area contributed by atoms with Gasteiger partial charge in [-0.1, -0.05) is 6.92 Å². The van der Waals surface area contributed by atoms with E-state index in [-0.39, 0.29) is 0 Å². The van der Waals surface area contributed by atoms with Crippen LogP contribution >= 0.6 is 0 Å². The lowest BCUT2D eigenvalue weighted by atomic mass is 9.95. The van der Waals surface area contributed by atoms with Crippen molar-refractivity contribution in [1.29, 1.82) is 0 Å². The van der Waals surface area contributed by atoms with Crippen LogP contribution in [0, 0.1) is 5.92 Å². The van der Waals surface area contributed by atoms with Crippen LogP contribution in [0.3, 0.4) is 0 Å². The van der Waals surface area contributed by atoms with Crippen LogP contribution in [0.15, 0.2) is 0 Å². The first kappa shape index (κ1) is 15.9. The molecular formula is C14H30N2O2. The summed E-state index contributed by atoms with van der Waals surface area (Å²) in [7, 11) is 3.58. The topological polar surface area (TPSA) is 33.7 Å². The first-order valence-corrected chi connectivity index (χ1v) is 7.22. The van der Waals surface area contributed by atoms with Gasteiger partial charge in [-0.05, 0) is 44.8 Å². The molecule has 0 amide bonds. The van der Waals surface area contributed by atoms with Crippen molar-refractivity contribution in [2.45, 2.75) is 32.3 Å². The molecule has 4 nitrogen and oxygen atoms in total. The summed E-state index contributed by atoms with van der Waals surface area (Å²) in [6.07, 6.45) is 4.21. The maximum Gasteiger partial charge on any atom is 0.0724 e. The summed E-state index contributed by atoms with van der Waals surface area (Å²) < 4.78 is 10.5. The van der Waals surface area contributed by atoms with Gasteiger partial charge in [-0.3, -0.25) is 0 Å². The number of nitrogens with zero attached hydrogens (tertiary/aromatic N) is 1. The number of unbranched alkanes of at least 4 members (excludes halogenated alkanes) is 1. The highest BCUT2D eigenvalue weighted by Crippen LogP contribution is 2.19. The Kier molecular flexibility index (Phi) is 8.59. The van der Waals surface area contributed by atoms with Crippen LogP contribution in [0.2, 0.25) is 0 Å². The molecule has 0 aromatic carbocycles. The van der Waals surface area contributed by atoms with E-state index in [0.29, 0.717) is 12.0 Å². The molecule has 1 aliphatic heterocycles. The number of nitrogens with one attached hydrogen (secondary N) is 1. The number of hydrogen-bond donors (Lipinski definition) is 1. The molecule has 1 N–H and O–H groups in total. The normalized spacial score (nSPS) is 25.5. The summed E-state index contributed by atoms with van der Waals surface area (Å²) in [6, 6.07) is 0. The predicted octanol–water partition coefficient (Wildman–Crippen LogP) is 1.36. The SMILES string of the molecule is COCCNCCCCN1CCC(C)C(OC)C1. The number of methoxy groups -OCH3 is 2. The Morgan fingerprint density at radius 3 is 2.78 bits per heavy atom. The van der Waals surface area contributed by atoms with Crippen LogP contribution in [0.1, 0.15) is 26.2 Å². The molecule has 18 heavy (non-hydrogen) atoms. The van der Waals surface area contributed by atoms with Crippen LogP contribution in [0.5, 0.6) is 0 Å². The number of likely N-dealkylation sites (tertiary alicyclic amines) is 1. The van der Waals surface area contributed by atoms with Gasteiger partial charge >= 0.3 is 0 Å². The van der Waals surface area contributed by atoms with E-state index in [4.69, 9.17) is 9.47 Å².